The predicted octanol–water partition coefficient (Wildman–Crippen LogP) is 2.15. The fraction of sp³-hybridized carbons (Fsp3) is 0.417. The van der Waals surface area contributed by atoms with Gasteiger partial charge < -0.3 is 15.6 Å². The predicted molar refractivity (Wildman–Crippen MR) is 72.5 cm³/mol. The standard InChI is InChI=1S/C12H15ClN2O5/c1-12(2,11(17)20-3)10(14)8-7(15(18)19)5-4-6(13)9(8)16/h4-5,10,16H,14H2,1-3H3/t10-/m0/s1. The summed E-state index contributed by atoms with van der Waals surface area (Å²) in [7, 11) is 1.18. The minimum atomic E-state index is -1.28. The smallest absolute Gasteiger partial charge is 0.313 e. The molecule has 0 amide bonds. The molecule has 1 aromatic rings. The van der Waals surface area contributed by atoms with Gasteiger partial charge in [-0.15, -0.1) is 0 Å². The van der Waals surface area contributed by atoms with E-state index in [1.165, 1.54) is 27.0 Å². The van der Waals surface area contributed by atoms with Crippen molar-refractivity contribution in [3.8, 4) is 5.75 Å². The molecule has 0 aromatic heterocycles. The van der Waals surface area contributed by atoms with E-state index in [9.17, 15) is 20.0 Å². The Balaban J connectivity index is 3.49. The molecule has 0 aliphatic heterocycles. The van der Waals surface area contributed by atoms with Gasteiger partial charge in [0.05, 0.1) is 34.1 Å². The monoisotopic (exact) mass is 302 g/mol. The summed E-state index contributed by atoms with van der Waals surface area (Å²) in [6.07, 6.45) is 0. The van der Waals surface area contributed by atoms with Gasteiger partial charge in [-0.05, 0) is 19.9 Å². The molecule has 7 nitrogen and oxygen atoms in total. The molecule has 110 valence electrons. The second-order valence-electron chi connectivity index (χ2n) is 4.78. The molecular weight excluding hydrogens is 288 g/mol. The minimum Gasteiger partial charge on any atom is -0.506 e. The molecule has 0 aliphatic carbocycles. The van der Waals surface area contributed by atoms with E-state index in [4.69, 9.17) is 17.3 Å². The van der Waals surface area contributed by atoms with E-state index >= 15 is 0 Å². The maximum absolute atomic E-state index is 11.7. The van der Waals surface area contributed by atoms with Crippen LogP contribution in [0.2, 0.25) is 5.02 Å². The SMILES string of the molecule is COC(=O)C(C)(C)[C@@H](N)c1c([N+](=O)[O-])ccc(Cl)c1O. The van der Waals surface area contributed by atoms with Crippen molar-refractivity contribution >= 4 is 23.3 Å². The van der Waals surface area contributed by atoms with Gasteiger partial charge in [-0.3, -0.25) is 14.9 Å². The Labute approximate surface area is 120 Å². The number of esters is 1. The van der Waals surface area contributed by atoms with Crippen LogP contribution in [0.3, 0.4) is 0 Å². The number of rotatable bonds is 4. The van der Waals surface area contributed by atoms with E-state index in [1.54, 1.807) is 0 Å². The van der Waals surface area contributed by atoms with E-state index in [-0.39, 0.29) is 10.6 Å². The Hall–Kier alpha value is -1.86. The summed E-state index contributed by atoms with van der Waals surface area (Å²) in [5.74, 6) is -1.16. The van der Waals surface area contributed by atoms with E-state index < -0.39 is 33.8 Å². The van der Waals surface area contributed by atoms with Crippen LogP contribution in [0.1, 0.15) is 25.5 Å². The lowest BCUT2D eigenvalue weighted by Crippen LogP contribution is -2.37. The number of nitro groups is 1. The maximum atomic E-state index is 11.7. The quantitative estimate of drug-likeness (QED) is 0.500. The van der Waals surface area contributed by atoms with Crippen molar-refractivity contribution in [3.05, 3.63) is 32.8 Å². The topological polar surface area (TPSA) is 116 Å². The van der Waals surface area contributed by atoms with Crippen LogP contribution in [0.5, 0.6) is 5.75 Å². The number of ether oxygens (including phenoxy) is 1. The number of phenolic OH excluding ortho intramolecular Hbond substituents is 1. The number of phenols is 1. The maximum Gasteiger partial charge on any atom is 0.313 e. The van der Waals surface area contributed by atoms with Gasteiger partial charge in [0.2, 0.25) is 0 Å². The summed E-state index contributed by atoms with van der Waals surface area (Å²) in [5.41, 5.74) is 4.06. The number of hydrogen-bond donors (Lipinski definition) is 2. The Kier molecular flexibility index (Phi) is 4.57. The van der Waals surface area contributed by atoms with E-state index in [1.807, 2.05) is 0 Å². The Morgan fingerprint density at radius 3 is 2.55 bits per heavy atom. The average molecular weight is 303 g/mol. The zero-order valence-corrected chi connectivity index (χ0v) is 12.0. The lowest BCUT2D eigenvalue weighted by atomic mass is 9.80. The van der Waals surface area contributed by atoms with Crippen LogP contribution in [-0.2, 0) is 9.53 Å². The fourth-order valence-electron chi connectivity index (χ4n) is 1.79. The third-order valence-electron chi connectivity index (χ3n) is 3.14. The fourth-order valence-corrected chi connectivity index (χ4v) is 1.95. The third kappa shape index (κ3) is 2.68. The van der Waals surface area contributed by atoms with E-state index in [0.717, 1.165) is 6.07 Å². The number of carbonyl (C=O) groups is 1. The minimum absolute atomic E-state index is 0.0817. The molecule has 1 rings (SSSR count). The second kappa shape index (κ2) is 5.64. The van der Waals surface area contributed by atoms with Crippen molar-refractivity contribution in [3.63, 3.8) is 0 Å². The first-order valence-corrected chi connectivity index (χ1v) is 6.02. The lowest BCUT2D eigenvalue weighted by Gasteiger charge is -2.29. The normalized spacial score (nSPS) is 12.8. The highest BCUT2D eigenvalue weighted by Crippen LogP contribution is 2.44. The van der Waals surface area contributed by atoms with Gasteiger partial charge in [-0.25, -0.2) is 0 Å². The van der Waals surface area contributed by atoms with Gasteiger partial charge in [0.15, 0.2) is 0 Å². The molecule has 20 heavy (non-hydrogen) atoms. The number of aromatic hydroxyl groups is 1. The highest BCUT2D eigenvalue weighted by Gasteiger charge is 2.41. The van der Waals surface area contributed by atoms with Gasteiger partial charge in [0, 0.05) is 6.07 Å². The number of nitrogens with zero attached hydrogens (tertiary/aromatic N) is 1. The zero-order valence-electron chi connectivity index (χ0n) is 11.2. The van der Waals surface area contributed by atoms with Crippen molar-refractivity contribution in [2.75, 3.05) is 7.11 Å². The summed E-state index contributed by atoms with van der Waals surface area (Å²) in [6, 6.07) is 1.16. The molecule has 0 radical (unpaired) electrons. The first-order chi connectivity index (χ1) is 9.14. The Morgan fingerprint density at radius 1 is 1.55 bits per heavy atom. The number of nitrogens with two attached hydrogens (primary N) is 1. The van der Waals surface area contributed by atoms with Crippen molar-refractivity contribution < 1.29 is 19.6 Å². The van der Waals surface area contributed by atoms with Crippen LogP contribution in [0, 0.1) is 15.5 Å². The Bertz CT molecular complexity index is 559. The average Bonchev–Trinajstić information content (AvgIpc) is 2.39. The molecular formula is C12H15ClN2O5. The number of halogens is 1. The van der Waals surface area contributed by atoms with Gasteiger partial charge in [0.25, 0.3) is 5.69 Å². The summed E-state index contributed by atoms with van der Waals surface area (Å²) < 4.78 is 4.62. The van der Waals surface area contributed by atoms with Crippen LogP contribution in [-0.4, -0.2) is 23.1 Å². The molecule has 0 heterocycles. The first-order valence-electron chi connectivity index (χ1n) is 5.64. The highest BCUT2D eigenvalue weighted by molar-refractivity contribution is 6.32. The molecule has 8 heteroatoms. The van der Waals surface area contributed by atoms with Crippen molar-refractivity contribution in [2.45, 2.75) is 19.9 Å². The number of hydrogen-bond acceptors (Lipinski definition) is 6. The lowest BCUT2D eigenvalue weighted by molar-refractivity contribution is -0.385. The summed E-state index contributed by atoms with van der Waals surface area (Å²) >= 11 is 5.75. The third-order valence-corrected chi connectivity index (χ3v) is 3.45. The molecule has 0 unspecified atom stereocenters. The van der Waals surface area contributed by atoms with E-state index in [2.05, 4.69) is 4.74 Å². The van der Waals surface area contributed by atoms with Crippen LogP contribution in [0.25, 0.3) is 0 Å². The van der Waals surface area contributed by atoms with E-state index in [0.29, 0.717) is 0 Å². The molecule has 1 aromatic carbocycles. The van der Waals surface area contributed by atoms with Gasteiger partial charge in [-0.2, -0.15) is 0 Å². The van der Waals surface area contributed by atoms with Crippen LogP contribution < -0.4 is 5.73 Å². The summed E-state index contributed by atoms with van der Waals surface area (Å²) in [5, 5.41) is 20.9. The van der Waals surface area contributed by atoms with Crippen molar-refractivity contribution in [2.24, 2.45) is 11.1 Å². The number of methoxy groups -OCH3 is 1. The molecule has 0 saturated heterocycles. The summed E-state index contributed by atoms with van der Waals surface area (Å²) in [4.78, 5) is 22.1. The molecule has 0 spiro atoms. The number of benzene rings is 1. The first kappa shape index (κ1) is 16.2. The van der Waals surface area contributed by atoms with Crippen LogP contribution in [0.15, 0.2) is 12.1 Å². The molecule has 3 N–H and O–H groups in total. The van der Waals surface area contributed by atoms with Crippen LogP contribution >= 0.6 is 11.6 Å². The largest absolute Gasteiger partial charge is 0.506 e. The van der Waals surface area contributed by atoms with Crippen LogP contribution in [0.4, 0.5) is 5.69 Å². The van der Waals surface area contributed by atoms with Crippen molar-refractivity contribution in [1.29, 1.82) is 0 Å². The molecule has 0 aliphatic rings. The molecule has 1 atom stereocenters. The molecule has 0 fully saturated rings. The zero-order chi connectivity index (χ0) is 15.7. The molecule has 0 bridgehead atoms. The summed E-state index contributed by atoms with van der Waals surface area (Å²) in [6.45, 7) is 2.93. The van der Waals surface area contributed by atoms with Gasteiger partial charge in [0.1, 0.15) is 5.75 Å². The number of nitro benzene ring substituents is 1. The van der Waals surface area contributed by atoms with Crippen molar-refractivity contribution in [1.82, 2.24) is 0 Å². The van der Waals surface area contributed by atoms with Gasteiger partial charge >= 0.3 is 5.97 Å². The number of carbonyl (C=O) groups excluding carboxylic acids is 1. The highest BCUT2D eigenvalue weighted by atomic mass is 35.5. The Morgan fingerprint density at radius 2 is 2.10 bits per heavy atom. The van der Waals surface area contributed by atoms with Gasteiger partial charge in [-0.1, -0.05) is 11.6 Å². The molecule has 0 saturated carbocycles. The second-order valence-corrected chi connectivity index (χ2v) is 5.18.